The first-order valence-corrected chi connectivity index (χ1v) is 11.8. The van der Waals surface area contributed by atoms with Gasteiger partial charge in [-0.3, -0.25) is 0 Å². The van der Waals surface area contributed by atoms with E-state index >= 15 is 0 Å². The highest BCUT2D eigenvalue weighted by molar-refractivity contribution is 5.68. The van der Waals surface area contributed by atoms with Crippen LogP contribution >= 0.6 is 0 Å². The van der Waals surface area contributed by atoms with Crippen molar-refractivity contribution >= 4 is 6.08 Å². The largest absolute Gasteiger partial charge is 0.494 e. The SMILES string of the molecule is CCCCOC1=Cc2c(OCCCC)cccc2OC1c1ccc(OCCCC)cc1. The van der Waals surface area contributed by atoms with Gasteiger partial charge in [-0.1, -0.05) is 58.2 Å². The minimum Gasteiger partial charge on any atom is -0.494 e. The summed E-state index contributed by atoms with van der Waals surface area (Å²) >= 11 is 0. The van der Waals surface area contributed by atoms with Gasteiger partial charge in [0.15, 0.2) is 6.10 Å². The molecule has 4 nitrogen and oxygen atoms in total. The molecule has 1 atom stereocenters. The molecule has 1 aliphatic rings. The van der Waals surface area contributed by atoms with Crippen LogP contribution in [0.3, 0.4) is 0 Å². The smallest absolute Gasteiger partial charge is 0.180 e. The van der Waals surface area contributed by atoms with E-state index < -0.39 is 0 Å². The van der Waals surface area contributed by atoms with E-state index in [0.717, 1.165) is 79.3 Å². The normalized spacial score (nSPS) is 14.9. The molecule has 0 saturated heterocycles. The van der Waals surface area contributed by atoms with Crippen molar-refractivity contribution < 1.29 is 18.9 Å². The first-order chi connectivity index (χ1) is 15.3. The summed E-state index contributed by atoms with van der Waals surface area (Å²) in [5.41, 5.74) is 2.01. The Kier molecular flexibility index (Phi) is 9.14. The fourth-order valence-corrected chi connectivity index (χ4v) is 3.38. The first kappa shape index (κ1) is 23.1. The second kappa shape index (κ2) is 12.3. The highest BCUT2D eigenvalue weighted by atomic mass is 16.5. The molecule has 31 heavy (non-hydrogen) atoms. The van der Waals surface area contributed by atoms with Crippen molar-refractivity contribution in [3.8, 4) is 17.2 Å². The standard InChI is InChI=1S/C27H36O4/c1-4-7-17-28-22-15-13-21(14-16-22)27-26(30-19-9-6-3)20-23-24(29-18-8-5-2)11-10-12-25(23)31-27/h10-16,20,27H,4-9,17-19H2,1-3H3. The van der Waals surface area contributed by atoms with Gasteiger partial charge in [0.2, 0.25) is 0 Å². The van der Waals surface area contributed by atoms with Crippen molar-refractivity contribution in [3.63, 3.8) is 0 Å². The number of hydrogen-bond acceptors (Lipinski definition) is 4. The van der Waals surface area contributed by atoms with Gasteiger partial charge in [0, 0.05) is 5.56 Å². The van der Waals surface area contributed by atoms with E-state index in [9.17, 15) is 0 Å². The molecule has 2 aromatic carbocycles. The Morgan fingerprint density at radius 1 is 0.742 bits per heavy atom. The maximum atomic E-state index is 6.43. The van der Waals surface area contributed by atoms with Crippen molar-refractivity contribution in [2.45, 2.75) is 65.4 Å². The molecule has 3 rings (SSSR count). The van der Waals surface area contributed by atoms with Crippen LogP contribution in [0.25, 0.3) is 6.08 Å². The molecule has 0 amide bonds. The summed E-state index contributed by atoms with van der Waals surface area (Å²) in [6.45, 7) is 8.62. The Hall–Kier alpha value is -2.62. The highest BCUT2D eigenvalue weighted by Gasteiger charge is 2.28. The third-order valence-electron chi connectivity index (χ3n) is 5.29. The van der Waals surface area contributed by atoms with Crippen molar-refractivity contribution in [1.29, 1.82) is 0 Å². The monoisotopic (exact) mass is 424 g/mol. The lowest BCUT2D eigenvalue weighted by atomic mass is 10.0. The number of hydrogen-bond donors (Lipinski definition) is 0. The lowest BCUT2D eigenvalue weighted by molar-refractivity contribution is 0.113. The van der Waals surface area contributed by atoms with Crippen LogP contribution in [0.15, 0.2) is 48.2 Å². The molecule has 1 aliphatic heterocycles. The zero-order valence-corrected chi connectivity index (χ0v) is 19.2. The van der Waals surface area contributed by atoms with Crippen LogP contribution in [0.4, 0.5) is 0 Å². The zero-order chi connectivity index (χ0) is 21.9. The quantitative estimate of drug-likeness (QED) is 0.315. The number of fused-ring (bicyclic) bond motifs is 1. The van der Waals surface area contributed by atoms with Gasteiger partial charge < -0.3 is 18.9 Å². The molecule has 0 N–H and O–H groups in total. The molecule has 1 heterocycles. The van der Waals surface area contributed by atoms with Crippen LogP contribution in [0, 0.1) is 0 Å². The van der Waals surface area contributed by atoms with Gasteiger partial charge in [0.25, 0.3) is 0 Å². The lowest BCUT2D eigenvalue weighted by Crippen LogP contribution is -2.18. The molecule has 0 aliphatic carbocycles. The third-order valence-corrected chi connectivity index (χ3v) is 5.29. The van der Waals surface area contributed by atoms with E-state index in [2.05, 4.69) is 39.0 Å². The second-order valence-electron chi connectivity index (χ2n) is 7.89. The van der Waals surface area contributed by atoms with Crippen molar-refractivity contribution in [2.24, 2.45) is 0 Å². The first-order valence-electron chi connectivity index (χ1n) is 11.8. The second-order valence-corrected chi connectivity index (χ2v) is 7.89. The topological polar surface area (TPSA) is 36.9 Å². The maximum Gasteiger partial charge on any atom is 0.180 e. The summed E-state index contributed by atoms with van der Waals surface area (Å²) in [6, 6.07) is 14.1. The molecule has 0 spiro atoms. The molecule has 1 unspecified atom stereocenters. The average Bonchev–Trinajstić information content (AvgIpc) is 2.80. The molecule has 0 fully saturated rings. The average molecular weight is 425 g/mol. The van der Waals surface area contributed by atoms with Crippen LogP contribution in [-0.2, 0) is 4.74 Å². The van der Waals surface area contributed by atoms with Gasteiger partial charge in [0.05, 0.1) is 25.4 Å². The maximum absolute atomic E-state index is 6.43. The van der Waals surface area contributed by atoms with Gasteiger partial charge in [-0.15, -0.1) is 0 Å². The summed E-state index contributed by atoms with van der Waals surface area (Å²) in [5, 5.41) is 0. The minimum atomic E-state index is -0.278. The molecule has 168 valence electrons. The fraction of sp³-hybridized carbons (Fsp3) is 0.481. The Morgan fingerprint density at radius 2 is 1.39 bits per heavy atom. The molecule has 0 radical (unpaired) electrons. The van der Waals surface area contributed by atoms with E-state index in [1.807, 2.05) is 30.3 Å². The summed E-state index contributed by atoms with van der Waals surface area (Å²) in [5.74, 6) is 3.38. The number of unbranched alkanes of at least 4 members (excludes halogenated alkanes) is 3. The highest BCUT2D eigenvalue weighted by Crippen LogP contribution is 2.42. The van der Waals surface area contributed by atoms with Gasteiger partial charge in [-0.05, 0) is 49.6 Å². The Labute approximate surface area is 187 Å². The number of ether oxygens (including phenoxy) is 4. The van der Waals surface area contributed by atoms with Crippen LogP contribution in [0.5, 0.6) is 17.2 Å². The van der Waals surface area contributed by atoms with E-state index in [0.29, 0.717) is 13.2 Å². The Bertz CT molecular complexity index is 826. The van der Waals surface area contributed by atoms with Gasteiger partial charge in [-0.2, -0.15) is 0 Å². The molecule has 2 aromatic rings. The number of benzene rings is 2. The summed E-state index contributed by atoms with van der Waals surface area (Å²) in [4.78, 5) is 0. The fourth-order valence-electron chi connectivity index (χ4n) is 3.38. The summed E-state index contributed by atoms with van der Waals surface area (Å²) in [7, 11) is 0. The molecular formula is C27H36O4. The van der Waals surface area contributed by atoms with Crippen LogP contribution < -0.4 is 14.2 Å². The Morgan fingerprint density at radius 3 is 2.06 bits per heavy atom. The Balaban J connectivity index is 1.82. The van der Waals surface area contributed by atoms with E-state index in [1.165, 1.54) is 0 Å². The van der Waals surface area contributed by atoms with E-state index in [4.69, 9.17) is 18.9 Å². The lowest BCUT2D eigenvalue weighted by Gasteiger charge is -2.28. The molecule has 4 heteroatoms. The van der Waals surface area contributed by atoms with Crippen molar-refractivity contribution in [1.82, 2.24) is 0 Å². The molecule has 0 bridgehead atoms. The third kappa shape index (κ3) is 6.43. The van der Waals surface area contributed by atoms with Crippen LogP contribution in [0.1, 0.15) is 76.5 Å². The summed E-state index contributed by atoms with van der Waals surface area (Å²) in [6.07, 6.45) is 8.23. The van der Waals surface area contributed by atoms with Crippen LogP contribution in [0.2, 0.25) is 0 Å². The van der Waals surface area contributed by atoms with Crippen molar-refractivity contribution in [2.75, 3.05) is 19.8 Å². The molecule has 0 saturated carbocycles. The summed E-state index contributed by atoms with van der Waals surface area (Å²) < 4.78 is 24.5. The molecular weight excluding hydrogens is 388 g/mol. The van der Waals surface area contributed by atoms with E-state index in [-0.39, 0.29) is 6.10 Å². The van der Waals surface area contributed by atoms with Crippen LogP contribution in [-0.4, -0.2) is 19.8 Å². The minimum absolute atomic E-state index is 0.278. The predicted octanol–water partition coefficient (Wildman–Crippen LogP) is 7.34. The molecule has 0 aromatic heterocycles. The van der Waals surface area contributed by atoms with Gasteiger partial charge in [-0.25, -0.2) is 0 Å². The van der Waals surface area contributed by atoms with Gasteiger partial charge >= 0.3 is 0 Å². The number of rotatable bonds is 13. The van der Waals surface area contributed by atoms with E-state index in [1.54, 1.807) is 0 Å². The van der Waals surface area contributed by atoms with Crippen molar-refractivity contribution in [3.05, 3.63) is 59.4 Å². The van der Waals surface area contributed by atoms with Gasteiger partial charge in [0.1, 0.15) is 23.0 Å². The zero-order valence-electron chi connectivity index (χ0n) is 19.2. The predicted molar refractivity (Wildman–Crippen MR) is 126 cm³/mol.